The van der Waals surface area contributed by atoms with E-state index in [2.05, 4.69) is 29.0 Å². The molecule has 2 atom stereocenters. The number of nitrogens with one attached hydrogen (secondary N) is 1. The minimum absolute atomic E-state index is 0.0555. The first-order valence-corrected chi connectivity index (χ1v) is 9.29. The van der Waals surface area contributed by atoms with Crippen LogP contribution in [0.1, 0.15) is 37.6 Å². The molecule has 0 bridgehead atoms. The van der Waals surface area contributed by atoms with Gasteiger partial charge in [-0.2, -0.15) is 0 Å². The molecule has 0 saturated carbocycles. The Balaban J connectivity index is 1.75. The van der Waals surface area contributed by atoms with Gasteiger partial charge in [-0.15, -0.1) is 0 Å². The second-order valence-corrected chi connectivity index (χ2v) is 7.20. The lowest BCUT2D eigenvalue weighted by Crippen LogP contribution is -2.46. The van der Waals surface area contributed by atoms with Gasteiger partial charge in [0.15, 0.2) is 0 Å². The molecule has 26 heavy (non-hydrogen) atoms. The van der Waals surface area contributed by atoms with Crippen LogP contribution in [0.3, 0.4) is 0 Å². The number of pyridine rings is 1. The molecule has 1 aromatic heterocycles. The molecule has 1 saturated heterocycles. The van der Waals surface area contributed by atoms with Crippen molar-refractivity contribution in [2.75, 3.05) is 20.1 Å². The minimum Gasteiger partial charge on any atom is -0.334 e. The third kappa shape index (κ3) is 4.22. The maximum Gasteiger partial charge on any atom is 0.318 e. The molecule has 0 aliphatic carbocycles. The first-order chi connectivity index (χ1) is 12.6. The fourth-order valence-electron chi connectivity index (χ4n) is 3.53. The zero-order chi connectivity index (χ0) is 18.5. The fourth-order valence-corrected chi connectivity index (χ4v) is 3.53. The summed E-state index contributed by atoms with van der Waals surface area (Å²) in [6, 6.07) is 16.3. The monoisotopic (exact) mass is 352 g/mol. The third-order valence-corrected chi connectivity index (χ3v) is 5.07. The van der Waals surface area contributed by atoms with Crippen molar-refractivity contribution < 1.29 is 4.79 Å². The predicted molar refractivity (Wildman–Crippen MR) is 104 cm³/mol. The van der Waals surface area contributed by atoms with Crippen molar-refractivity contribution in [3.8, 4) is 0 Å². The Morgan fingerprint density at radius 1 is 1.19 bits per heavy atom. The average Bonchev–Trinajstić information content (AvgIpc) is 3.12. The second kappa shape index (κ2) is 8.32. The summed E-state index contributed by atoms with van der Waals surface area (Å²) in [5.41, 5.74) is 1.92. The summed E-state index contributed by atoms with van der Waals surface area (Å²) in [7, 11) is 1.84. The van der Waals surface area contributed by atoms with Gasteiger partial charge in [0.05, 0.1) is 5.69 Å². The van der Waals surface area contributed by atoms with E-state index in [9.17, 15) is 4.79 Å². The lowest BCUT2D eigenvalue weighted by atomic mass is 10.0. The van der Waals surface area contributed by atoms with E-state index in [1.165, 1.54) is 0 Å². The van der Waals surface area contributed by atoms with Gasteiger partial charge in [0.1, 0.15) is 6.04 Å². The smallest absolute Gasteiger partial charge is 0.318 e. The van der Waals surface area contributed by atoms with Crippen LogP contribution in [-0.4, -0.2) is 53.0 Å². The highest BCUT2D eigenvalue weighted by Gasteiger charge is 2.29. The second-order valence-electron chi connectivity index (χ2n) is 7.20. The van der Waals surface area contributed by atoms with Crippen LogP contribution < -0.4 is 5.32 Å². The van der Waals surface area contributed by atoms with Gasteiger partial charge in [-0.1, -0.05) is 36.4 Å². The summed E-state index contributed by atoms with van der Waals surface area (Å²) in [6.07, 6.45) is 2.77. The van der Waals surface area contributed by atoms with Gasteiger partial charge in [-0.3, -0.25) is 9.88 Å². The standard InChI is InChI=1S/C21H28N4O/c1-16(2)25-14-12-18(15-25)23-21(26)24(3)20(17-9-5-4-6-10-17)19-11-7-8-13-22-19/h4-11,13,16,18,20H,12,14-15H2,1-3H3,(H,23,26). The molecule has 0 radical (unpaired) electrons. The predicted octanol–water partition coefficient (Wildman–Crippen LogP) is 3.30. The van der Waals surface area contributed by atoms with Gasteiger partial charge < -0.3 is 10.2 Å². The molecule has 5 nitrogen and oxygen atoms in total. The molecular weight excluding hydrogens is 324 g/mol. The summed E-state index contributed by atoms with van der Waals surface area (Å²) in [4.78, 5) is 21.6. The van der Waals surface area contributed by atoms with Crippen LogP contribution in [-0.2, 0) is 0 Å². The topological polar surface area (TPSA) is 48.5 Å². The van der Waals surface area contributed by atoms with E-state index < -0.39 is 0 Å². The number of likely N-dealkylation sites (tertiary alicyclic amines) is 1. The fraction of sp³-hybridized carbons (Fsp3) is 0.429. The van der Waals surface area contributed by atoms with Gasteiger partial charge in [-0.25, -0.2) is 4.79 Å². The molecule has 5 heteroatoms. The highest BCUT2D eigenvalue weighted by molar-refractivity contribution is 5.75. The van der Waals surface area contributed by atoms with Crippen molar-refractivity contribution in [1.82, 2.24) is 20.1 Å². The van der Waals surface area contributed by atoms with E-state index in [-0.39, 0.29) is 18.1 Å². The lowest BCUT2D eigenvalue weighted by molar-refractivity contribution is 0.192. The summed E-state index contributed by atoms with van der Waals surface area (Å²) in [6.45, 7) is 6.34. The molecule has 2 aromatic rings. The van der Waals surface area contributed by atoms with E-state index in [0.717, 1.165) is 30.8 Å². The zero-order valence-electron chi connectivity index (χ0n) is 15.8. The summed E-state index contributed by atoms with van der Waals surface area (Å²) < 4.78 is 0. The molecule has 1 fully saturated rings. The Labute approximate surface area is 156 Å². The maximum absolute atomic E-state index is 12.9. The number of nitrogens with zero attached hydrogens (tertiary/aromatic N) is 3. The number of rotatable bonds is 5. The number of urea groups is 1. The maximum atomic E-state index is 12.9. The Hall–Kier alpha value is -2.40. The van der Waals surface area contributed by atoms with Gasteiger partial charge in [0.2, 0.25) is 0 Å². The average molecular weight is 352 g/mol. The first-order valence-electron chi connectivity index (χ1n) is 9.29. The molecule has 1 aromatic carbocycles. The van der Waals surface area contributed by atoms with Gasteiger partial charge in [-0.05, 0) is 38.0 Å². The number of amides is 2. The first kappa shape index (κ1) is 18.4. The van der Waals surface area contributed by atoms with E-state index >= 15 is 0 Å². The number of carbonyl (C=O) groups excluding carboxylic acids is 1. The number of aromatic nitrogens is 1. The molecule has 1 N–H and O–H groups in total. The molecular formula is C21H28N4O. The van der Waals surface area contributed by atoms with E-state index in [4.69, 9.17) is 0 Å². The van der Waals surface area contributed by atoms with Crippen molar-refractivity contribution in [3.63, 3.8) is 0 Å². The van der Waals surface area contributed by atoms with Crippen molar-refractivity contribution in [2.45, 2.75) is 38.4 Å². The molecule has 138 valence electrons. The Morgan fingerprint density at radius 3 is 2.54 bits per heavy atom. The summed E-state index contributed by atoms with van der Waals surface area (Å²) in [5, 5.41) is 3.20. The summed E-state index contributed by atoms with van der Waals surface area (Å²) >= 11 is 0. The van der Waals surface area contributed by atoms with Crippen LogP contribution in [0.2, 0.25) is 0 Å². The normalized spacial score (nSPS) is 18.7. The number of hydrogen-bond acceptors (Lipinski definition) is 3. The van der Waals surface area contributed by atoms with Crippen LogP contribution in [0.4, 0.5) is 4.79 Å². The SMILES string of the molecule is CC(C)N1CCC(NC(=O)N(C)C(c2ccccc2)c2ccccn2)C1. The van der Waals surface area contributed by atoms with Crippen molar-refractivity contribution in [2.24, 2.45) is 0 Å². The lowest BCUT2D eigenvalue weighted by Gasteiger charge is -2.30. The number of hydrogen-bond donors (Lipinski definition) is 1. The third-order valence-electron chi connectivity index (χ3n) is 5.07. The van der Waals surface area contributed by atoms with E-state index in [1.54, 1.807) is 11.1 Å². The largest absolute Gasteiger partial charge is 0.334 e. The van der Waals surface area contributed by atoms with Crippen molar-refractivity contribution in [1.29, 1.82) is 0 Å². The van der Waals surface area contributed by atoms with Crippen molar-refractivity contribution >= 4 is 6.03 Å². The highest BCUT2D eigenvalue weighted by atomic mass is 16.2. The molecule has 2 heterocycles. The molecule has 2 amide bonds. The Bertz CT molecular complexity index is 665. The van der Waals surface area contributed by atoms with Crippen LogP contribution in [0, 0.1) is 0 Å². The van der Waals surface area contributed by atoms with E-state index in [0.29, 0.717) is 6.04 Å². The Morgan fingerprint density at radius 2 is 1.92 bits per heavy atom. The zero-order valence-corrected chi connectivity index (χ0v) is 15.8. The van der Waals surface area contributed by atoms with Crippen LogP contribution in [0.15, 0.2) is 54.7 Å². The number of carbonyl (C=O) groups is 1. The van der Waals surface area contributed by atoms with Gasteiger partial charge in [0, 0.05) is 38.4 Å². The molecule has 3 rings (SSSR count). The van der Waals surface area contributed by atoms with Gasteiger partial charge in [0.25, 0.3) is 0 Å². The quantitative estimate of drug-likeness (QED) is 0.898. The van der Waals surface area contributed by atoms with Crippen LogP contribution in [0.5, 0.6) is 0 Å². The summed E-state index contributed by atoms with van der Waals surface area (Å²) in [5.74, 6) is 0. The molecule has 2 unspecified atom stereocenters. The molecule has 0 spiro atoms. The highest BCUT2D eigenvalue weighted by Crippen LogP contribution is 2.26. The number of benzene rings is 1. The Kier molecular flexibility index (Phi) is 5.89. The van der Waals surface area contributed by atoms with Crippen molar-refractivity contribution in [3.05, 3.63) is 66.0 Å². The molecule has 1 aliphatic heterocycles. The van der Waals surface area contributed by atoms with Gasteiger partial charge >= 0.3 is 6.03 Å². The van der Waals surface area contributed by atoms with E-state index in [1.807, 2.05) is 55.6 Å². The van der Waals surface area contributed by atoms with Crippen LogP contribution >= 0.6 is 0 Å². The van der Waals surface area contributed by atoms with Crippen LogP contribution in [0.25, 0.3) is 0 Å². The minimum atomic E-state index is -0.208. The molecule has 1 aliphatic rings.